The number of aliphatic imine (C=N–C) groups is 1. The Morgan fingerprint density at radius 1 is 0.453 bits per heavy atom. The molecule has 38 heteroatoms. The summed E-state index contributed by atoms with van der Waals surface area (Å²) in [5.74, 6) is 0.107. The molecule has 0 saturated carbocycles. The van der Waals surface area contributed by atoms with E-state index in [1.165, 1.54) is 82.9 Å². The van der Waals surface area contributed by atoms with Crippen molar-refractivity contribution < 1.29 is 158 Å². The average molecular weight is 1920 g/mol. The van der Waals surface area contributed by atoms with Crippen LogP contribution in [0, 0.1) is 0 Å². The molecule has 0 bridgehead atoms. The molecule has 15 rings (SSSR count). The molecule has 0 aromatic heterocycles. The quantitative estimate of drug-likeness (QED) is 0.00621. The molecule has 0 radical (unpaired) electrons. The van der Waals surface area contributed by atoms with Crippen LogP contribution in [0.5, 0.6) is 69.0 Å². The summed E-state index contributed by atoms with van der Waals surface area (Å²) >= 11 is 0. The number of rotatable bonds is 38. The van der Waals surface area contributed by atoms with Crippen molar-refractivity contribution in [2.45, 2.75) is 119 Å². The van der Waals surface area contributed by atoms with Crippen molar-refractivity contribution in [3.63, 3.8) is 0 Å². The van der Waals surface area contributed by atoms with Gasteiger partial charge in [-0.2, -0.15) is 0 Å². The van der Waals surface area contributed by atoms with Crippen LogP contribution >= 0.6 is 0 Å². The van der Waals surface area contributed by atoms with E-state index >= 15 is 0 Å². The molecule has 0 spiro atoms. The smallest absolute Gasteiger partial charge is 0.748 e. The van der Waals surface area contributed by atoms with Crippen molar-refractivity contribution in [3.05, 3.63) is 208 Å². The number of amides is 4. The zero-order valence-corrected chi connectivity index (χ0v) is 80.3. The van der Waals surface area contributed by atoms with E-state index < -0.39 is 57.7 Å². The molecular weight excluding hydrogens is 1800 g/mol. The average Bonchev–Trinajstić information content (AvgIpc) is 1.62. The zero-order valence-electron chi connectivity index (χ0n) is 77.5. The number of anilines is 4. The van der Waals surface area contributed by atoms with Crippen LogP contribution in [-0.4, -0.2) is 247 Å². The Balaban J connectivity index is 0.000000190. The second-order valence-electron chi connectivity index (χ2n) is 33.4. The number of carbonyl (C=O) groups is 7. The third kappa shape index (κ3) is 23.9. The van der Waals surface area contributed by atoms with E-state index in [9.17, 15) is 61.9 Å². The molecule has 1 aliphatic carbocycles. The number of benzene rings is 8. The fourth-order valence-electron chi connectivity index (χ4n) is 17.5. The second kappa shape index (κ2) is 46.3. The fourth-order valence-corrected chi connectivity index (χ4v) is 18.6. The third-order valence-electron chi connectivity index (χ3n) is 24.4. The predicted molar refractivity (Wildman–Crippen MR) is 504 cm³/mol. The van der Waals surface area contributed by atoms with Crippen molar-refractivity contribution in [1.29, 1.82) is 0 Å². The number of nitrogens with two attached hydrogens (primary N) is 4. The maximum Gasteiger partial charge on any atom is 1.00 e. The first kappa shape index (κ1) is 102. The van der Waals surface area contributed by atoms with Gasteiger partial charge in [0.1, 0.15) is 6.61 Å². The van der Waals surface area contributed by atoms with Gasteiger partial charge in [0.05, 0.1) is 180 Å². The Bertz CT molecular complexity index is 5990. The van der Waals surface area contributed by atoms with Gasteiger partial charge in [-0.1, -0.05) is 85.0 Å². The van der Waals surface area contributed by atoms with Gasteiger partial charge in [0.25, 0.3) is 17.7 Å². The summed E-state index contributed by atoms with van der Waals surface area (Å²) in [6.07, 6.45) is 8.41. The Labute approximate surface area is 815 Å². The number of carboxylic acid groups (broad SMARTS) is 3. The van der Waals surface area contributed by atoms with E-state index in [0.29, 0.717) is 171 Å². The molecule has 137 heavy (non-hydrogen) atoms. The van der Waals surface area contributed by atoms with Gasteiger partial charge < -0.3 is 124 Å². The third-order valence-corrected chi connectivity index (χ3v) is 25.6. The summed E-state index contributed by atoms with van der Waals surface area (Å²) in [4.78, 5) is 99.1. The van der Waals surface area contributed by atoms with E-state index in [4.69, 9.17) is 89.3 Å². The van der Waals surface area contributed by atoms with Gasteiger partial charge in [-0.25, -0.2) is 27.6 Å². The first-order valence-corrected chi connectivity index (χ1v) is 45.8. The first-order valence-electron chi connectivity index (χ1n) is 44.3. The summed E-state index contributed by atoms with van der Waals surface area (Å²) in [5.41, 5.74) is 33.4. The van der Waals surface area contributed by atoms with Crippen molar-refractivity contribution in [3.8, 4) is 80.1 Å². The number of aromatic carboxylic acids is 3. The number of nitrogen functional groups attached to an aromatic ring is 4. The Morgan fingerprint density at radius 2 is 0.832 bits per heavy atom. The summed E-state index contributed by atoms with van der Waals surface area (Å²) in [6, 6.07) is 33.1. The van der Waals surface area contributed by atoms with Crippen LogP contribution in [0.3, 0.4) is 0 Å². The second-order valence-corrected chi connectivity index (χ2v) is 35.0. The molecule has 6 heterocycles. The monoisotopic (exact) mass is 1910 g/mol. The fraction of sp³-hybridized carbons (Fsp3) is 0.374. The SMILES string of the molecule is C=C1C[C@@H](C2OCCN2C(=O)OCC2c3ccccc3-c3ccccc32)N(C(=O)c2cc(OC)c(OCCCCCOc3cc(N)c(C(=O)O)cc3OC)cc2N)C1.C=C1C[C@H]2C(S(=O)(=O)[O-])Cc3cc(OCCCCCOc4cc(N)c(C(=O)O)cc4OC)c(OC)cc3C(=O)N2C1.C=C1C[C@H]2C=Nc3cc(OCCCCCOc4cc(N)c(C(=O)O)cc4OC)c(OC)cc3C(=O)N2C1.[Na+]. The number of methoxy groups -OCH3 is 6. The number of fused-ring (bicyclic) bond motifs is 7. The van der Waals surface area contributed by atoms with Crippen molar-refractivity contribution in [2.75, 3.05) is 145 Å². The molecule has 8 aromatic rings. The molecule has 6 aliphatic heterocycles. The molecule has 2 unspecified atom stereocenters. The largest absolute Gasteiger partial charge is 1.00 e. The Morgan fingerprint density at radius 3 is 1.28 bits per heavy atom. The number of unbranched alkanes of at least 4 members (excludes halogenated alkanes) is 6. The molecule has 4 fully saturated rings. The van der Waals surface area contributed by atoms with Crippen LogP contribution in [-0.2, 0) is 26.0 Å². The summed E-state index contributed by atoms with van der Waals surface area (Å²) in [5, 5.41) is 26.4. The van der Waals surface area contributed by atoms with Crippen LogP contribution < -0.4 is 109 Å². The van der Waals surface area contributed by atoms with Crippen molar-refractivity contribution in [2.24, 2.45) is 4.99 Å². The zero-order chi connectivity index (χ0) is 97.3. The number of carboxylic acids is 3. The molecule has 4 saturated heterocycles. The molecule has 8 aromatic carbocycles. The van der Waals surface area contributed by atoms with E-state index in [0.717, 1.165) is 71.9 Å². The number of hydrogen-bond acceptors (Lipinski definition) is 29. The van der Waals surface area contributed by atoms with Gasteiger partial charge in [-0.05, 0) is 136 Å². The summed E-state index contributed by atoms with van der Waals surface area (Å²) in [6.45, 7) is 16.1. The number of nitrogens with zero attached hydrogens (tertiary/aromatic N) is 5. The van der Waals surface area contributed by atoms with Crippen LogP contribution in [0.1, 0.15) is 162 Å². The molecule has 5 atom stereocenters. The van der Waals surface area contributed by atoms with E-state index in [1.807, 2.05) is 24.3 Å². The minimum atomic E-state index is -4.69. The Kier molecular flexibility index (Phi) is 34.6. The summed E-state index contributed by atoms with van der Waals surface area (Å²) in [7, 11) is 4.07. The topological polar surface area (TPSA) is 496 Å². The number of ether oxygens (including phenoxy) is 14. The molecule has 36 nitrogen and oxygen atoms in total. The number of carbonyl (C=O) groups excluding carboxylic acids is 4. The maximum atomic E-state index is 14.2. The number of likely N-dealkylation sites (tertiary alicyclic amines) is 1. The van der Waals surface area contributed by atoms with E-state index in [2.05, 4.69) is 49.0 Å². The van der Waals surface area contributed by atoms with Gasteiger partial charge in [0, 0.05) is 91.5 Å². The van der Waals surface area contributed by atoms with Crippen LogP contribution in [0.2, 0.25) is 0 Å². The molecular formula is C99H112N9NaO27S. The van der Waals surface area contributed by atoms with Crippen LogP contribution in [0.25, 0.3) is 11.1 Å². The van der Waals surface area contributed by atoms with Crippen LogP contribution in [0.15, 0.2) is 163 Å². The van der Waals surface area contributed by atoms with E-state index in [1.54, 1.807) is 58.4 Å². The molecule has 722 valence electrons. The van der Waals surface area contributed by atoms with Crippen molar-refractivity contribution in [1.82, 2.24) is 19.6 Å². The minimum absolute atomic E-state index is 0. The van der Waals surface area contributed by atoms with Crippen molar-refractivity contribution >= 4 is 86.5 Å². The summed E-state index contributed by atoms with van der Waals surface area (Å²) < 4.78 is 116. The van der Waals surface area contributed by atoms with Gasteiger partial charge in [-0.15, -0.1) is 0 Å². The molecule has 4 amide bonds. The van der Waals surface area contributed by atoms with Gasteiger partial charge in [0.15, 0.2) is 75.2 Å². The Hall–Kier alpha value is -13.6. The molecule has 7 aliphatic rings. The molecule has 11 N–H and O–H groups in total. The van der Waals surface area contributed by atoms with Gasteiger partial charge in [-0.3, -0.25) is 24.3 Å². The van der Waals surface area contributed by atoms with Gasteiger partial charge >= 0.3 is 53.6 Å². The maximum absolute atomic E-state index is 14.2. The normalized spacial score (nSPS) is 17.1. The number of hydrogen-bond donors (Lipinski definition) is 7. The van der Waals surface area contributed by atoms with Gasteiger partial charge in [0.2, 0.25) is 0 Å². The minimum Gasteiger partial charge on any atom is -0.748 e. The predicted octanol–water partition coefficient (Wildman–Crippen LogP) is 10.5. The standard InChI is InChI=1S/C44H48N4O10.C28H34N2O10S.C27H31N3O7.Na/c1-26-19-36(42-47(15-18-57-42)44(52)58-25-33-29-13-7-5-11-27(29)28-12-6-8-14-30(28)33)48(24-26)41(49)31-20-37(53-2)39(22-34(31)45)55-16-9-4-10-17-56-40-23-35(46)32(43(50)51)21-38(40)54-3;1-16-9-21-26(41(34,35)36)11-17-10-24(22(37-2)12-18(17)27(31)30(21)15-16)39-7-5-4-6-8-40-25-14-20(29)19(28(32)33)13-23(25)38-3;1-16-9-17-14-29-21-13-25(23(35-3)11-19(21)26(31)30(17)15-16)37-8-6-4-5-7-36-24-12-20(28)18(27(32)33)10-22(24)34-2;/h5-8,11-14,20-23,33,36,42H,1,4,9-10,15-19,24-25,45-46H2,2-3H3,(H,50,51);10,12-14,21,26H,1,4-9,11,15,29H2,2-3H3,(H,32,33)(H,34,35,36);10-14,17H,1,4-9,15,28H2,2-3H3,(H,32,33);/q;;;+1/p-1/t36-,42?;21-,26?;17-;/m000./s1. The van der Waals surface area contributed by atoms with Crippen LogP contribution in [0.4, 0.5) is 33.2 Å². The first-order chi connectivity index (χ1) is 65.3. The van der Waals surface area contributed by atoms with E-state index in [-0.39, 0.29) is 154 Å².